The van der Waals surface area contributed by atoms with Gasteiger partial charge in [0.15, 0.2) is 10.5 Å². The van der Waals surface area contributed by atoms with Gasteiger partial charge in [0.1, 0.15) is 0 Å². The summed E-state index contributed by atoms with van der Waals surface area (Å²) < 4.78 is 5.45. The van der Waals surface area contributed by atoms with Crippen molar-refractivity contribution < 1.29 is 9.53 Å². The van der Waals surface area contributed by atoms with Gasteiger partial charge >= 0.3 is 0 Å². The zero-order chi connectivity index (χ0) is 5.98. The Morgan fingerprint density at radius 3 is 2.88 bits per heavy atom. The Bertz CT molecular complexity index is 139. The van der Waals surface area contributed by atoms with Crippen LogP contribution in [0, 0.1) is 0 Å². The van der Waals surface area contributed by atoms with Gasteiger partial charge in [-0.25, -0.2) is 0 Å². The van der Waals surface area contributed by atoms with Crippen LogP contribution < -0.4 is 0 Å². The van der Waals surface area contributed by atoms with Gasteiger partial charge in [-0.05, 0) is 15.9 Å². The maximum atomic E-state index is 10.5. The first-order chi connectivity index (χ1) is 3.79. The summed E-state index contributed by atoms with van der Waals surface area (Å²) in [7, 11) is 0. The monoisotopic (exact) mass is 176 g/mol. The molecule has 0 saturated heterocycles. The molecule has 0 radical (unpaired) electrons. The second-order valence-electron chi connectivity index (χ2n) is 1.51. The molecule has 0 fully saturated rings. The van der Waals surface area contributed by atoms with Gasteiger partial charge in [-0.1, -0.05) is 0 Å². The lowest BCUT2D eigenvalue weighted by molar-refractivity contribution is -0.116. The molecule has 0 aliphatic carbocycles. The molecule has 0 bridgehead atoms. The van der Waals surface area contributed by atoms with Gasteiger partial charge in [0.25, 0.3) is 0 Å². The van der Waals surface area contributed by atoms with Gasteiger partial charge in [-0.15, -0.1) is 0 Å². The molecule has 0 aromatic carbocycles. The van der Waals surface area contributed by atoms with Gasteiger partial charge in [0, 0.05) is 12.5 Å². The average Bonchev–Trinajstić information content (AvgIpc) is 1.64. The highest BCUT2D eigenvalue weighted by atomic mass is 79.9. The molecular formula is C5H5BrO2. The number of rotatable bonds is 0. The zero-order valence-electron chi connectivity index (χ0n) is 4.19. The van der Waals surface area contributed by atoms with Crippen LogP contribution in [-0.2, 0) is 9.53 Å². The number of hydrogen-bond acceptors (Lipinski definition) is 2. The third kappa shape index (κ3) is 1.33. The molecule has 2 nitrogen and oxygen atoms in total. The van der Waals surface area contributed by atoms with Crippen molar-refractivity contribution in [1.82, 2.24) is 0 Å². The summed E-state index contributed by atoms with van der Waals surface area (Å²) in [5.41, 5.74) is 0. The molecule has 1 rings (SSSR count). The first-order valence-corrected chi connectivity index (χ1v) is 3.11. The number of ketones is 1. The zero-order valence-corrected chi connectivity index (χ0v) is 5.77. The minimum atomic E-state index is 0.128. The SMILES string of the molecule is O=C1C=C(Br)OCC1. The fourth-order valence-corrected chi connectivity index (χ4v) is 0.907. The van der Waals surface area contributed by atoms with Gasteiger partial charge in [0.2, 0.25) is 0 Å². The van der Waals surface area contributed by atoms with Gasteiger partial charge in [0.05, 0.1) is 6.61 Å². The van der Waals surface area contributed by atoms with Crippen molar-refractivity contribution in [3.63, 3.8) is 0 Å². The van der Waals surface area contributed by atoms with Crippen LogP contribution in [-0.4, -0.2) is 12.4 Å². The van der Waals surface area contributed by atoms with E-state index in [1.54, 1.807) is 0 Å². The summed E-state index contributed by atoms with van der Waals surface area (Å²) in [5.74, 6) is 0.128. The molecule has 0 atom stereocenters. The van der Waals surface area contributed by atoms with E-state index in [1.165, 1.54) is 6.08 Å². The molecule has 1 aliphatic rings. The second-order valence-corrected chi connectivity index (χ2v) is 2.29. The molecule has 3 heteroatoms. The van der Waals surface area contributed by atoms with E-state index >= 15 is 0 Å². The highest BCUT2D eigenvalue weighted by Gasteiger charge is 2.06. The summed E-state index contributed by atoms with van der Waals surface area (Å²) in [5, 5.41) is 0. The van der Waals surface area contributed by atoms with Crippen LogP contribution in [0.3, 0.4) is 0 Å². The Morgan fingerprint density at radius 2 is 2.50 bits per heavy atom. The first-order valence-electron chi connectivity index (χ1n) is 2.32. The Kier molecular flexibility index (Phi) is 1.68. The third-order valence-electron chi connectivity index (χ3n) is 0.863. The fraction of sp³-hybridized carbons (Fsp3) is 0.400. The number of allylic oxidation sites excluding steroid dienone is 1. The lowest BCUT2D eigenvalue weighted by Crippen LogP contribution is -2.06. The molecule has 8 heavy (non-hydrogen) atoms. The molecule has 0 spiro atoms. The number of ether oxygens (including phenoxy) is 1. The lowest BCUT2D eigenvalue weighted by Gasteiger charge is -2.06. The standard InChI is InChI=1S/C5H5BrO2/c6-5-3-4(7)1-2-8-5/h3H,1-2H2. The fourth-order valence-electron chi connectivity index (χ4n) is 0.490. The Labute approximate surface area is 55.6 Å². The molecule has 0 aromatic rings. The van der Waals surface area contributed by atoms with Crippen LogP contribution in [0.25, 0.3) is 0 Å². The van der Waals surface area contributed by atoms with E-state index in [0.29, 0.717) is 17.7 Å². The molecule has 0 amide bonds. The van der Waals surface area contributed by atoms with E-state index in [0.717, 1.165) is 0 Å². The van der Waals surface area contributed by atoms with Crippen LogP contribution in [0.4, 0.5) is 0 Å². The number of carbonyl (C=O) groups is 1. The summed E-state index contributed by atoms with van der Waals surface area (Å²) in [6.07, 6.45) is 1.96. The minimum absolute atomic E-state index is 0.128. The maximum absolute atomic E-state index is 10.5. The average molecular weight is 177 g/mol. The second kappa shape index (κ2) is 2.31. The summed E-state index contributed by atoms with van der Waals surface area (Å²) in [6.45, 7) is 0.510. The van der Waals surface area contributed by atoms with E-state index in [1.807, 2.05) is 0 Å². The highest BCUT2D eigenvalue weighted by Crippen LogP contribution is 2.12. The van der Waals surface area contributed by atoms with E-state index in [9.17, 15) is 4.79 Å². The van der Waals surface area contributed by atoms with Crippen molar-refractivity contribution in [1.29, 1.82) is 0 Å². The van der Waals surface area contributed by atoms with Crippen molar-refractivity contribution in [2.75, 3.05) is 6.61 Å². The highest BCUT2D eigenvalue weighted by molar-refractivity contribution is 9.11. The topological polar surface area (TPSA) is 26.3 Å². The van der Waals surface area contributed by atoms with Crippen molar-refractivity contribution in [3.05, 3.63) is 10.7 Å². The summed E-state index contributed by atoms with van der Waals surface area (Å²) in [6, 6.07) is 0. The number of halogens is 1. The third-order valence-corrected chi connectivity index (χ3v) is 1.32. The van der Waals surface area contributed by atoms with Crippen LogP contribution >= 0.6 is 15.9 Å². The summed E-state index contributed by atoms with van der Waals surface area (Å²) >= 11 is 3.05. The Hall–Kier alpha value is -0.310. The van der Waals surface area contributed by atoms with Gasteiger partial charge in [-0.3, -0.25) is 4.79 Å². The van der Waals surface area contributed by atoms with Crippen LogP contribution in [0.15, 0.2) is 10.7 Å². The maximum Gasteiger partial charge on any atom is 0.165 e. The van der Waals surface area contributed by atoms with Crippen molar-refractivity contribution in [2.24, 2.45) is 0 Å². The Morgan fingerprint density at radius 1 is 1.75 bits per heavy atom. The first kappa shape index (κ1) is 5.82. The van der Waals surface area contributed by atoms with Crippen molar-refractivity contribution in [2.45, 2.75) is 6.42 Å². The molecule has 0 saturated carbocycles. The normalized spacial score (nSPS) is 19.6. The molecule has 1 aliphatic heterocycles. The minimum Gasteiger partial charge on any atom is -0.486 e. The molecule has 0 unspecified atom stereocenters. The van der Waals surface area contributed by atoms with Crippen LogP contribution in [0.5, 0.6) is 0 Å². The molecule has 0 aromatic heterocycles. The van der Waals surface area contributed by atoms with E-state index < -0.39 is 0 Å². The van der Waals surface area contributed by atoms with E-state index in [4.69, 9.17) is 4.74 Å². The lowest BCUT2D eigenvalue weighted by atomic mass is 10.3. The van der Waals surface area contributed by atoms with Gasteiger partial charge in [-0.2, -0.15) is 0 Å². The predicted molar refractivity (Wildman–Crippen MR) is 32.6 cm³/mol. The van der Waals surface area contributed by atoms with E-state index in [-0.39, 0.29) is 5.78 Å². The van der Waals surface area contributed by atoms with Gasteiger partial charge < -0.3 is 4.74 Å². The molecule has 44 valence electrons. The molecular weight excluding hydrogens is 172 g/mol. The Balaban J connectivity index is 2.64. The smallest absolute Gasteiger partial charge is 0.165 e. The van der Waals surface area contributed by atoms with Crippen LogP contribution in [0.2, 0.25) is 0 Å². The summed E-state index contributed by atoms with van der Waals surface area (Å²) in [4.78, 5) is 10.5. The van der Waals surface area contributed by atoms with Crippen LogP contribution in [0.1, 0.15) is 6.42 Å². The molecule has 1 heterocycles. The number of hydrogen-bond donors (Lipinski definition) is 0. The largest absolute Gasteiger partial charge is 0.486 e. The van der Waals surface area contributed by atoms with E-state index in [2.05, 4.69) is 15.9 Å². The number of carbonyl (C=O) groups excluding carboxylic acids is 1. The predicted octanol–water partition coefficient (Wildman–Crippen LogP) is 1.21. The quantitative estimate of drug-likeness (QED) is 0.555. The van der Waals surface area contributed by atoms with Crippen molar-refractivity contribution in [3.8, 4) is 0 Å². The van der Waals surface area contributed by atoms with Crippen molar-refractivity contribution >= 4 is 21.7 Å². The molecule has 0 N–H and O–H groups in total.